The maximum atomic E-state index is 12.1. The summed E-state index contributed by atoms with van der Waals surface area (Å²) in [5.74, 6) is 0.180. The number of rotatable bonds is 3. The van der Waals surface area contributed by atoms with Crippen molar-refractivity contribution < 1.29 is 4.79 Å². The third-order valence-electron chi connectivity index (χ3n) is 2.91. The Morgan fingerprint density at radius 2 is 2.05 bits per heavy atom. The molecule has 0 aliphatic rings. The second-order valence-electron chi connectivity index (χ2n) is 4.44. The van der Waals surface area contributed by atoms with E-state index in [4.69, 9.17) is 23.2 Å². The highest BCUT2D eigenvalue weighted by molar-refractivity contribution is 6.35. The highest BCUT2D eigenvalue weighted by Crippen LogP contribution is 2.24. The summed E-state index contributed by atoms with van der Waals surface area (Å²) in [7, 11) is 0. The lowest BCUT2D eigenvalue weighted by molar-refractivity contribution is 0.102. The van der Waals surface area contributed by atoms with Gasteiger partial charge in [0.2, 0.25) is 0 Å². The molecule has 110 valence electrons. The number of halogens is 2. The zero-order valence-corrected chi connectivity index (χ0v) is 12.7. The van der Waals surface area contributed by atoms with E-state index in [1.165, 1.54) is 10.9 Å². The third-order valence-corrected chi connectivity index (χ3v) is 3.45. The number of hydrogen-bond acceptors (Lipinski definition) is 3. The second kappa shape index (κ2) is 6.17. The highest BCUT2D eigenvalue weighted by atomic mass is 35.5. The summed E-state index contributed by atoms with van der Waals surface area (Å²) in [6.45, 7) is 0. The number of nitrogens with one attached hydrogen (secondary N) is 1. The van der Waals surface area contributed by atoms with Gasteiger partial charge in [-0.05, 0) is 30.3 Å². The van der Waals surface area contributed by atoms with Crippen molar-refractivity contribution in [2.45, 2.75) is 0 Å². The number of carbonyl (C=O) groups is 1. The zero-order valence-electron chi connectivity index (χ0n) is 11.2. The molecular formula is C15H10Cl2N4O. The van der Waals surface area contributed by atoms with Crippen LogP contribution in [0.1, 0.15) is 10.4 Å². The molecule has 3 rings (SSSR count). The molecule has 0 atom stereocenters. The van der Waals surface area contributed by atoms with E-state index in [1.807, 2.05) is 0 Å². The van der Waals surface area contributed by atoms with Crippen LogP contribution in [0.5, 0.6) is 0 Å². The normalized spacial score (nSPS) is 10.5. The number of aromatic nitrogens is 3. The summed E-state index contributed by atoms with van der Waals surface area (Å²) >= 11 is 12.0. The quantitative estimate of drug-likeness (QED) is 0.792. The summed E-state index contributed by atoms with van der Waals surface area (Å²) in [6.07, 6.45) is 4.66. The minimum atomic E-state index is -0.296. The minimum Gasteiger partial charge on any atom is -0.306 e. The molecule has 0 saturated carbocycles. The van der Waals surface area contributed by atoms with Crippen molar-refractivity contribution in [3.63, 3.8) is 0 Å². The summed E-state index contributed by atoms with van der Waals surface area (Å²) < 4.78 is 1.52. The lowest BCUT2D eigenvalue weighted by atomic mass is 10.3. The molecule has 1 aromatic carbocycles. The van der Waals surface area contributed by atoms with Crippen LogP contribution < -0.4 is 5.32 Å². The standard InChI is InChI=1S/C15H10Cl2N4O/c16-11-4-5-13(12(17)7-11)21-9-10(8-19-21)15(22)20-14-3-1-2-6-18-14/h1-9H,(H,18,20,22). The van der Waals surface area contributed by atoms with Gasteiger partial charge >= 0.3 is 0 Å². The molecule has 0 saturated heterocycles. The Kier molecular flexibility index (Phi) is 4.09. The predicted octanol–water partition coefficient (Wildman–Crippen LogP) is 3.83. The zero-order chi connectivity index (χ0) is 15.5. The van der Waals surface area contributed by atoms with Gasteiger partial charge in [-0.15, -0.1) is 0 Å². The fraction of sp³-hybridized carbons (Fsp3) is 0. The van der Waals surface area contributed by atoms with E-state index < -0.39 is 0 Å². The number of amides is 1. The lowest BCUT2D eigenvalue weighted by Crippen LogP contribution is -2.12. The average Bonchev–Trinajstić information content (AvgIpc) is 2.98. The SMILES string of the molecule is O=C(Nc1ccccn1)c1cnn(-c2ccc(Cl)cc2Cl)c1. The fourth-order valence-electron chi connectivity index (χ4n) is 1.86. The van der Waals surface area contributed by atoms with Crippen molar-refractivity contribution in [3.05, 3.63) is 70.6 Å². The van der Waals surface area contributed by atoms with Gasteiger partial charge in [0.25, 0.3) is 5.91 Å². The summed E-state index contributed by atoms with van der Waals surface area (Å²) in [5.41, 5.74) is 1.04. The van der Waals surface area contributed by atoms with Gasteiger partial charge < -0.3 is 5.32 Å². The van der Waals surface area contributed by atoms with Gasteiger partial charge in [-0.2, -0.15) is 5.10 Å². The van der Waals surface area contributed by atoms with Crippen LogP contribution in [0.15, 0.2) is 55.0 Å². The number of benzene rings is 1. The Balaban J connectivity index is 1.83. The van der Waals surface area contributed by atoms with Crippen molar-refractivity contribution in [2.24, 2.45) is 0 Å². The molecule has 3 aromatic rings. The van der Waals surface area contributed by atoms with E-state index in [2.05, 4.69) is 15.4 Å². The Labute approximate surface area is 136 Å². The van der Waals surface area contributed by atoms with E-state index >= 15 is 0 Å². The Morgan fingerprint density at radius 1 is 1.18 bits per heavy atom. The van der Waals surface area contributed by atoms with Crippen LogP contribution in [0.4, 0.5) is 5.82 Å². The van der Waals surface area contributed by atoms with Gasteiger partial charge in [-0.25, -0.2) is 9.67 Å². The summed E-state index contributed by atoms with van der Waals surface area (Å²) in [4.78, 5) is 16.2. The smallest absolute Gasteiger partial charge is 0.260 e. The van der Waals surface area contributed by atoms with Gasteiger partial charge in [0, 0.05) is 17.4 Å². The topological polar surface area (TPSA) is 59.8 Å². The Morgan fingerprint density at radius 3 is 2.77 bits per heavy atom. The van der Waals surface area contributed by atoms with Crippen molar-refractivity contribution in [1.82, 2.24) is 14.8 Å². The average molecular weight is 333 g/mol. The molecule has 0 fully saturated rings. The van der Waals surface area contributed by atoms with Crippen molar-refractivity contribution in [1.29, 1.82) is 0 Å². The summed E-state index contributed by atoms with van der Waals surface area (Å²) in [6, 6.07) is 10.3. The Bertz CT molecular complexity index is 817. The maximum absolute atomic E-state index is 12.1. The monoisotopic (exact) mass is 332 g/mol. The van der Waals surface area contributed by atoms with Gasteiger partial charge in [-0.3, -0.25) is 4.79 Å². The molecule has 22 heavy (non-hydrogen) atoms. The predicted molar refractivity (Wildman–Crippen MR) is 85.8 cm³/mol. The highest BCUT2D eigenvalue weighted by Gasteiger charge is 2.11. The number of carbonyl (C=O) groups excluding carboxylic acids is 1. The first-order chi connectivity index (χ1) is 10.6. The second-order valence-corrected chi connectivity index (χ2v) is 5.28. The molecule has 0 aliphatic carbocycles. The number of pyridine rings is 1. The summed E-state index contributed by atoms with van der Waals surface area (Å²) in [5, 5.41) is 7.82. The van der Waals surface area contributed by atoms with Crippen LogP contribution in [-0.4, -0.2) is 20.7 Å². The molecule has 0 aliphatic heterocycles. The van der Waals surface area contributed by atoms with Crippen LogP contribution in [0.25, 0.3) is 5.69 Å². The first kappa shape index (κ1) is 14.6. The molecule has 0 spiro atoms. The molecule has 0 bridgehead atoms. The number of hydrogen-bond donors (Lipinski definition) is 1. The number of nitrogens with zero attached hydrogens (tertiary/aromatic N) is 3. The van der Waals surface area contributed by atoms with E-state index in [1.54, 1.807) is 48.8 Å². The molecule has 1 N–H and O–H groups in total. The maximum Gasteiger partial charge on any atom is 0.260 e. The van der Waals surface area contributed by atoms with Gasteiger partial charge in [-0.1, -0.05) is 29.3 Å². The van der Waals surface area contributed by atoms with Crippen molar-refractivity contribution in [2.75, 3.05) is 5.32 Å². The molecule has 1 amide bonds. The van der Waals surface area contributed by atoms with Crippen molar-refractivity contribution >= 4 is 34.9 Å². The first-order valence-electron chi connectivity index (χ1n) is 6.36. The van der Waals surface area contributed by atoms with Crippen LogP contribution in [0.2, 0.25) is 10.0 Å². The minimum absolute atomic E-state index is 0.296. The van der Waals surface area contributed by atoms with Crippen LogP contribution >= 0.6 is 23.2 Å². The lowest BCUT2D eigenvalue weighted by Gasteiger charge is -2.04. The molecule has 2 aromatic heterocycles. The molecule has 0 unspecified atom stereocenters. The molecule has 2 heterocycles. The Hall–Kier alpha value is -2.37. The molecule has 7 heteroatoms. The van der Waals surface area contributed by atoms with Gasteiger partial charge in [0.1, 0.15) is 5.82 Å². The van der Waals surface area contributed by atoms with Crippen LogP contribution in [0, 0.1) is 0 Å². The largest absolute Gasteiger partial charge is 0.306 e. The molecule has 5 nitrogen and oxygen atoms in total. The van der Waals surface area contributed by atoms with E-state index in [0.717, 1.165) is 0 Å². The number of anilines is 1. The van der Waals surface area contributed by atoms with Crippen LogP contribution in [0.3, 0.4) is 0 Å². The van der Waals surface area contributed by atoms with E-state index in [9.17, 15) is 4.79 Å². The van der Waals surface area contributed by atoms with Gasteiger partial charge in [0.05, 0.1) is 22.5 Å². The van der Waals surface area contributed by atoms with Crippen molar-refractivity contribution in [3.8, 4) is 5.69 Å². The van der Waals surface area contributed by atoms with E-state index in [0.29, 0.717) is 27.1 Å². The molecular weight excluding hydrogens is 323 g/mol. The van der Waals surface area contributed by atoms with Gasteiger partial charge in [0.15, 0.2) is 0 Å². The van der Waals surface area contributed by atoms with E-state index in [-0.39, 0.29) is 5.91 Å². The molecule has 0 radical (unpaired) electrons. The fourth-order valence-corrected chi connectivity index (χ4v) is 2.36. The first-order valence-corrected chi connectivity index (χ1v) is 7.11. The van der Waals surface area contributed by atoms with Crippen LogP contribution in [-0.2, 0) is 0 Å². The third kappa shape index (κ3) is 3.10.